The highest BCUT2D eigenvalue weighted by molar-refractivity contribution is 5.41. The van der Waals surface area contributed by atoms with Gasteiger partial charge in [0.1, 0.15) is 5.75 Å². The van der Waals surface area contributed by atoms with Gasteiger partial charge in [-0.15, -0.1) is 0 Å². The summed E-state index contributed by atoms with van der Waals surface area (Å²) in [5.74, 6) is 0.918. The highest BCUT2D eigenvalue weighted by atomic mass is 16.5. The lowest BCUT2D eigenvalue weighted by Gasteiger charge is -2.24. The van der Waals surface area contributed by atoms with Gasteiger partial charge in [-0.1, -0.05) is 19.3 Å². The van der Waals surface area contributed by atoms with Crippen molar-refractivity contribution in [2.45, 2.75) is 38.5 Å². The van der Waals surface area contributed by atoms with E-state index in [9.17, 15) is 0 Å². The van der Waals surface area contributed by atoms with Gasteiger partial charge in [0.2, 0.25) is 0 Å². The normalized spacial score (nSPS) is 17.7. The Morgan fingerprint density at radius 3 is 2.26 bits per heavy atom. The zero-order valence-corrected chi connectivity index (χ0v) is 11.8. The van der Waals surface area contributed by atoms with Crippen molar-refractivity contribution in [1.82, 2.24) is 4.90 Å². The van der Waals surface area contributed by atoms with Crippen LogP contribution >= 0.6 is 0 Å². The number of benzene rings is 1. The standard InChI is InChI=1S/C16H26N2O/c17-15-7-9-16(10-8-15)19-14-6-13-18-11-4-2-1-3-5-12-18/h7-10H,1-6,11-14,17H2. The smallest absolute Gasteiger partial charge is 0.119 e. The lowest BCUT2D eigenvalue weighted by molar-refractivity contribution is 0.218. The Labute approximate surface area is 116 Å². The van der Waals surface area contributed by atoms with Gasteiger partial charge in [0.05, 0.1) is 6.61 Å². The molecule has 1 fully saturated rings. The average Bonchev–Trinajstić information content (AvgIpc) is 2.38. The number of nitrogens with zero attached hydrogens (tertiary/aromatic N) is 1. The zero-order valence-electron chi connectivity index (χ0n) is 11.8. The van der Waals surface area contributed by atoms with E-state index in [1.54, 1.807) is 0 Å². The third-order valence-electron chi connectivity index (χ3n) is 3.72. The summed E-state index contributed by atoms with van der Waals surface area (Å²) in [4.78, 5) is 2.59. The summed E-state index contributed by atoms with van der Waals surface area (Å²) in [6, 6.07) is 7.64. The van der Waals surface area contributed by atoms with Crippen LogP contribution in [0.4, 0.5) is 5.69 Å². The maximum atomic E-state index is 5.73. The van der Waals surface area contributed by atoms with Crippen molar-refractivity contribution in [3.63, 3.8) is 0 Å². The van der Waals surface area contributed by atoms with Crippen LogP contribution in [0.5, 0.6) is 5.75 Å². The van der Waals surface area contributed by atoms with Crippen LogP contribution in [0.15, 0.2) is 24.3 Å². The summed E-state index contributed by atoms with van der Waals surface area (Å²) in [5, 5.41) is 0. The predicted octanol–water partition coefficient (Wildman–Crippen LogP) is 3.30. The number of likely N-dealkylation sites (tertiary alicyclic amines) is 1. The number of nitrogens with two attached hydrogens (primary N) is 1. The summed E-state index contributed by atoms with van der Waals surface area (Å²) < 4.78 is 5.73. The quantitative estimate of drug-likeness (QED) is 0.653. The Hall–Kier alpha value is -1.22. The summed E-state index contributed by atoms with van der Waals surface area (Å²) in [6.07, 6.45) is 8.05. The first-order valence-corrected chi connectivity index (χ1v) is 7.55. The van der Waals surface area contributed by atoms with Crippen LogP contribution in [-0.4, -0.2) is 31.1 Å². The van der Waals surface area contributed by atoms with E-state index in [0.717, 1.165) is 31.0 Å². The first-order valence-electron chi connectivity index (χ1n) is 7.55. The van der Waals surface area contributed by atoms with Gasteiger partial charge in [-0.2, -0.15) is 0 Å². The van der Waals surface area contributed by atoms with Gasteiger partial charge in [-0.25, -0.2) is 0 Å². The molecule has 0 unspecified atom stereocenters. The van der Waals surface area contributed by atoms with Crippen molar-refractivity contribution >= 4 is 5.69 Å². The van der Waals surface area contributed by atoms with Crippen molar-refractivity contribution in [3.8, 4) is 5.75 Å². The van der Waals surface area contributed by atoms with Crippen LogP contribution in [-0.2, 0) is 0 Å². The Kier molecular flexibility index (Phi) is 6.02. The molecule has 1 aliphatic heterocycles. The number of nitrogen functional groups attached to an aromatic ring is 1. The van der Waals surface area contributed by atoms with Gasteiger partial charge in [0.15, 0.2) is 0 Å². The first kappa shape index (κ1) is 14.2. The minimum absolute atomic E-state index is 0.785. The minimum Gasteiger partial charge on any atom is -0.494 e. The lowest BCUT2D eigenvalue weighted by Crippen LogP contribution is -2.29. The number of anilines is 1. The van der Waals surface area contributed by atoms with Crippen LogP contribution in [0.1, 0.15) is 38.5 Å². The summed E-state index contributed by atoms with van der Waals surface area (Å²) in [7, 11) is 0. The van der Waals surface area contributed by atoms with Crippen LogP contribution in [0, 0.1) is 0 Å². The predicted molar refractivity (Wildman–Crippen MR) is 80.5 cm³/mol. The molecule has 0 spiro atoms. The molecule has 3 nitrogen and oxygen atoms in total. The number of ether oxygens (including phenoxy) is 1. The molecule has 1 aromatic rings. The summed E-state index contributed by atoms with van der Waals surface area (Å²) >= 11 is 0. The molecular formula is C16H26N2O. The highest BCUT2D eigenvalue weighted by Gasteiger charge is 2.07. The fraction of sp³-hybridized carbons (Fsp3) is 0.625. The van der Waals surface area contributed by atoms with Gasteiger partial charge in [-0.05, 0) is 56.6 Å². The summed E-state index contributed by atoms with van der Waals surface area (Å²) in [5.41, 5.74) is 6.43. The number of hydrogen-bond donors (Lipinski definition) is 1. The Bertz CT molecular complexity index is 342. The van der Waals surface area contributed by atoms with Crippen molar-refractivity contribution in [2.75, 3.05) is 32.0 Å². The molecule has 1 heterocycles. The molecule has 0 aliphatic carbocycles. The molecule has 0 atom stereocenters. The van der Waals surface area contributed by atoms with Gasteiger partial charge in [0, 0.05) is 12.2 Å². The largest absolute Gasteiger partial charge is 0.494 e. The molecule has 0 bridgehead atoms. The third kappa shape index (κ3) is 5.52. The second kappa shape index (κ2) is 8.05. The molecule has 0 aromatic heterocycles. The van der Waals surface area contributed by atoms with Crippen LogP contribution in [0.3, 0.4) is 0 Å². The fourth-order valence-corrected chi connectivity index (χ4v) is 2.58. The van der Waals surface area contributed by atoms with Crippen molar-refractivity contribution in [3.05, 3.63) is 24.3 Å². The Morgan fingerprint density at radius 1 is 0.947 bits per heavy atom. The summed E-state index contributed by atoms with van der Waals surface area (Å²) in [6.45, 7) is 4.49. The third-order valence-corrected chi connectivity index (χ3v) is 3.72. The SMILES string of the molecule is Nc1ccc(OCCCN2CCCCCCC2)cc1. The second-order valence-corrected chi connectivity index (χ2v) is 5.38. The molecule has 1 saturated heterocycles. The van der Waals surface area contributed by atoms with E-state index in [4.69, 9.17) is 10.5 Å². The van der Waals surface area contributed by atoms with E-state index >= 15 is 0 Å². The highest BCUT2D eigenvalue weighted by Crippen LogP contribution is 2.14. The van der Waals surface area contributed by atoms with Gasteiger partial charge in [0.25, 0.3) is 0 Å². The molecule has 0 saturated carbocycles. The molecule has 2 N–H and O–H groups in total. The van der Waals surface area contributed by atoms with E-state index < -0.39 is 0 Å². The molecule has 3 heteroatoms. The maximum Gasteiger partial charge on any atom is 0.119 e. The van der Waals surface area contributed by atoms with E-state index in [0.29, 0.717) is 0 Å². The van der Waals surface area contributed by atoms with E-state index in [1.807, 2.05) is 24.3 Å². The van der Waals surface area contributed by atoms with Gasteiger partial charge >= 0.3 is 0 Å². The van der Waals surface area contributed by atoms with Crippen LogP contribution < -0.4 is 10.5 Å². The molecule has 106 valence electrons. The van der Waals surface area contributed by atoms with Crippen LogP contribution in [0.25, 0.3) is 0 Å². The lowest BCUT2D eigenvalue weighted by atomic mass is 10.1. The van der Waals surface area contributed by atoms with Crippen LogP contribution in [0.2, 0.25) is 0 Å². The Morgan fingerprint density at radius 2 is 1.58 bits per heavy atom. The topological polar surface area (TPSA) is 38.5 Å². The average molecular weight is 262 g/mol. The van der Waals surface area contributed by atoms with Gasteiger partial charge in [-0.3, -0.25) is 0 Å². The molecule has 1 aromatic carbocycles. The number of rotatable bonds is 5. The molecule has 2 rings (SSSR count). The number of hydrogen-bond acceptors (Lipinski definition) is 3. The van der Waals surface area contributed by atoms with E-state index in [2.05, 4.69) is 4.90 Å². The Balaban J connectivity index is 1.61. The first-order chi connectivity index (χ1) is 9.34. The van der Waals surface area contributed by atoms with E-state index in [1.165, 1.54) is 45.2 Å². The van der Waals surface area contributed by atoms with Gasteiger partial charge < -0.3 is 15.4 Å². The molecule has 0 radical (unpaired) electrons. The minimum atomic E-state index is 0.785. The molecular weight excluding hydrogens is 236 g/mol. The molecule has 0 amide bonds. The fourth-order valence-electron chi connectivity index (χ4n) is 2.58. The zero-order chi connectivity index (χ0) is 13.3. The second-order valence-electron chi connectivity index (χ2n) is 5.38. The monoisotopic (exact) mass is 262 g/mol. The van der Waals surface area contributed by atoms with Crippen molar-refractivity contribution in [2.24, 2.45) is 0 Å². The maximum absolute atomic E-state index is 5.73. The molecule has 19 heavy (non-hydrogen) atoms. The molecule has 1 aliphatic rings. The van der Waals surface area contributed by atoms with Crippen molar-refractivity contribution < 1.29 is 4.74 Å². The van der Waals surface area contributed by atoms with Crippen molar-refractivity contribution in [1.29, 1.82) is 0 Å². The van der Waals surface area contributed by atoms with E-state index in [-0.39, 0.29) is 0 Å².